The van der Waals surface area contributed by atoms with Crippen LogP contribution in [0, 0.1) is 11.3 Å². The van der Waals surface area contributed by atoms with Crippen LogP contribution in [0.2, 0.25) is 0 Å². The van der Waals surface area contributed by atoms with Crippen LogP contribution in [0.4, 0.5) is 0 Å². The monoisotopic (exact) mass is 246 g/mol. The van der Waals surface area contributed by atoms with E-state index in [1.54, 1.807) is 12.3 Å². The molecule has 0 bridgehead atoms. The molecule has 0 aliphatic rings. The fraction of sp³-hybridized carbons (Fsp3) is 0. The van der Waals surface area contributed by atoms with Crippen molar-refractivity contribution in [1.29, 1.82) is 5.26 Å². The summed E-state index contributed by atoms with van der Waals surface area (Å²) in [6.45, 7) is 0. The summed E-state index contributed by atoms with van der Waals surface area (Å²) in [6, 6.07) is 3.72. The molecule has 0 spiro atoms. The average molecular weight is 247 g/mol. The minimum atomic E-state index is 0.320. The molecule has 3 nitrogen and oxygen atoms in total. The first kappa shape index (κ1) is 10.7. The molecule has 0 unspecified atom stereocenters. The minimum absolute atomic E-state index is 0.320. The summed E-state index contributed by atoms with van der Waals surface area (Å²) in [5, 5.41) is 8.74. The molecule has 1 aromatic heterocycles. The van der Waals surface area contributed by atoms with Crippen LogP contribution in [0.5, 0.6) is 0 Å². The average Bonchev–Trinajstić information content (AvgIpc) is 2.22. The Balaban J connectivity index is 3.26. The molecule has 1 heterocycles. The molecule has 0 saturated heterocycles. The molecule has 0 aliphatic carbocycles. The van der Waals surface area contributed by atoms with Crippen molar-refractivity contribution in [3.63, 3.8) is 0 Å². The summed E-state index contributed by atoms with van der Waals surface area (Å²) >= 11 is 3.28. The van der Waals surface area contributed by atoms with E-state index in [1.165, 1.54) is 12.2 Å². The fourth-order valence-electron chi connectivity index (χ4n) is 0.911. The maximum absolute atomic E-state index is 8.74. The normalized spacial score (nSPS) is 10.6. The van der Waals surface area contributed by atoms with Crippen LogP contribution in [0.1, 0.15) is 11.3 Å². The van der Waals surface area contributed by atoms with Crippen LogP contribution >= 0.6 is 15.9 Å². The number of allylic oxidation sites excluding steroid dienone is 1. The second-order valence-corrected chi connectivity index (χ2v) is 3.31. The van der Waals surface area contributed by atoms with E-state index < -0.39 is 0 Å². The van der Waals surface area contributed by atoms with E-state index in [1.807, 2.05) is 6.07 Å². The van der Waals surface area contributed by atoms with Crippen molar-refractivity contribution in [3.8, 4) is 6.07 Å². The van der Waals surface area contributed by atoms with Crippen LogP contribution < -0.4 is 5.73 Å². The van der Waals surface area contributed by atoms with Gasteiger partial charge in [0.05, 0.1) is 0 Å². The zero-order valence-corrected chi connectivity index (χ0v) is 8.82. The van der Waals surface area contributed by atoms with Gasteiger partial charge in [0, 0.05) is 0 Å². The molecule has 1 aromatic rings. The van der Waals surface area contributed by atoms with Gasteiger partial charge in [-0.25, -0.2) is 0 Å². The molecule has 14 heavy (non-hydrogen) atoms. The van der Waals surface area contributed by atoms with E-state index in [2.05, 4.69) is 20.9 Å². The molecule has 0 fully saturated rings. The third kappa shape index (κ3) is 2.09. The molecule has 0 aliphatic heterocycles. The van der Waals surface area contributed by atoms with E-state index in [9.17, 15) is 0 Å². The Bertz CT molecular complexity index is 434. The summed E-state index contributed by atoms with van der Waals surface area (Å²) in [4.78, 5) is 4.06. The maximum atomic E-state index is 8.74. The molecule has 1 radical (unpaired) electrons. The van der Waals surface area contributed by atoms with Crippen molar-refractivity contribution < 1.29 is 0 Å². The van der Waals surface area contributed by atoms with Gasteiger partial charge in [0.15, 0.2) is 0 Å². The molecule has 0 saturated carbocycles. The Morgan fingerprint density at radius 1 is 1.71 bits per heavy atom. The number of halogens is 1. The summed E-state index contributed by atoms with van der Waals surface area (Å²) in [7, 11) is 5.32. The number of rotatable bonds is 2. The van der Waals surface area contributed by atoms with Gasteiger partial charge in [0.2, 0.25) is 0 Å². The number of nitriles is 1. The van der Waals surface area contributed by atoms with Crippen molar-refractivity contribution >= 4 is 35.0 Å². The van der Waals surface area contributed by atoms with Crippen molar-refractivity contribution in [2.75, 3.05) is 0 Å². The molecular formula is C9H6BBrN3. The Hall–Kier alpha value is -1.41. The predicted molar refractivity (Wildman–Crippen MR) is 60.6 cm³/mol. The van der Waals surface area contributed by atoms with Crippen LogP contribution in [-0.2, 0) is 0 Å². The number of hydrogen-bond acceptors (Lipinski definition) is 3. The van der Waals surface area contributed by atoms with Crippen LogP contribution in [0.3, 0.4) is 0 Å². The van der Waals surface area contributed by atoms with Gasteiger partial charge in [-0.1, -0.05) is 0 Å². The van der Waals surface area contributed by atoms with Crippen molar-refractivity contribution in [2.24, 2.45) is 5.73 Å². The van der Waals surface area contributed by atoms with Gasteiger partial charge in [-0.05, 0) is 0 Å². The van der Waals surface area contributed by atoms with Crippen molar-refractivity contribution in [2.45, 2.75) is 0 Å². The van der Waals surface area contributed by atoms with Crippen LogP contribution in [-0.4, -0.2) is 18.4 Å². The Labute approximate surface area is 91.5 Å². The molecule has 0 atom stereocenters. The van der Waals surface area contributed by atoms with E-state index in [0.29, 0.717) is 15.7 Å². The van der Waals surface area contributed by atoms with E-state index in [4.69, 9.17) is 18.5 Å². The van der Waals surface area contributed by atoms with E-state index >= 15 is 0 Å². The predicted octanol–water partition coefficient (Wildman–Crippen LogP) is 0.986. The molecule has 5 heteroatoms. The number of nitrogens with zero attached hydrogens (tertiary/aromatic N) is 2. The topological polar surface area (TPSA) is 62.7 Å². The molecule has 0 aromatic carbocycles. The van der Waals surface area contributed by atoms with Gasteiger partial charge in [-0.15, -0.1) is 0 Å². The Kier molecular flexibility index (Phi) is 3.60. The van der Waals surface area contributed by atoms with Crippen LogP contribution in [0.15, 0.2) is 22.9 Å². The third-order valence-corrected chi connectivity index (χ3v) is 2.20. The second-order valence-electron chi connectivity index (χ2n) is 2.46. The summed E-state index contributed by atoms with van der Waals surface area (Å²) < 4.78 is 0.690. The number of pyridine rings is 1. The first-order chi connectivity index (χ1) is 6.72. The van der Waals surface area contributed by atoms with Gasteiger partial charge in [-0.2, -0.15) is 0 Å². The number of aromatic nitrogens is 1. The second kappa shape index (κ2) is 4.73. The zero-order valence-electron chi connectivity index (χ0n) is 7.24. The van der Waals surface area contributed by atoms with Crippen molar-refractivity contribution in [1.82, 2.24) is 4.98 Å². The molecule has 1 rings (SSSR count). The van der Waals surface area contributed by atoms with Gasteiger partial charge >= 0.3 is 91.2 Å². The summed E-state index contributed by atoms with van der Waals surface area (Å²) in [5.41, 5.74) is 6.88. The Morgan fingerprint density at radius 2 is 2.43 bits per heavy atom. The Morgan fingerprint density at radius 3 is 2.86 bits per heavy atom. The fourth-order valence-corrected chi connectivity index (χ4v) is 1.49. The van der Waals surface area contributed by atoms with Gasteiger partial charge in [0.25, 0.3) is 0 Å². The third-order valence-electron chi connectivity index (χ3n) is 1.60. The first-order valence-electron chi connectivity index (χ1n) is 3.75. The first-order valence-corrected chi connectivity index (χ1v) is 4.55. The molecular weight excluding hydrogens is 241 g/mol. The standard InChI is InChI=1S/C9H6BBrN3/c10-2-6-1-8(11)9(14-5-6)7(3-12)4-13/h1-3,5H,12H2. The van der Waals surface area contributed by atoms with E-state index in [-0.39, 0.29) is 0 Å². The van der Waals surface area contributed by atoms with E-state index in [0.717, 1.165) is 5.56 Å². The SMILES string of the molecule is [B]=Cc1cnc(C(C#N)=CN)c(Br)c1. The summed E-state index contributed by atoms with van der Waals surface area (Å²) in [5.74, 6) is 1.43. The quantitative estimate of drug-likeness (QED) is 0.625. The molecule has 2 N–H and O–H groups in total. The molecule has 0 amide bonds. The zero-order chi connectivity index (χ0) is 10.6. The van der Waals surface area contributed by atoms with Crippen molar-refractivity contribution in [3.05, 3.63) is 34.2 Å². The number of nitrogens with two attached hydrogens (primary N) is 1. The number of hydrogen-bond donors (Lipinski definition) is 1. The summed E-state index contributed by atoms with van der Waals surface area (Å²) in [6.07, 6.45) is 2.79. The molecule has 67 valence electrons. The van der Waals surface area contributed by atoms with Crippen LogP contribution in [0.25, 0.3) is 5.57 Å². The van der Waals surface area contributed by atoms with Gasteiger partial charge < -0.3 is 0 Å². The van der Waals surface area contributed by atoms with Gasteiger partial charge in [-0.3, -0.25) is 0 Å². The van der Waals surface area contributed by atoms with Gasteiger partial charge in [0.1, 0.15) is 0 Å².